The highest BCUT2D eigenvalue weighted by Crippen LogP contribution is 2.36. The summed E-state index contributed by atoms with van der Waals surface area (Å²) in [6.45, 7) is 20.5. The van der Waals surface area contributed by atoms with Gasteiger partial charge in [-0.25, -0.2) is 13.8 Å². The number of benzene rings is 2. The number of anilines is 2. The van der Waals surface area contributed by atoms with Gasteiger partial charge in [0.25, 0.3) is 0 Å². The minimum Gasteiger partial charge on any atom is -0.385 e. The summed E-state index contributed by atoms with van der Waals surface area (Å²) in [7, 11) is 1.67. The van der Waals surface area contributed by atoms with Gasteiger partial charge in [0.05, 0.1) is 5.69 Å². The standard InChI is InChI=1S/C38H42F2N4/c1-8-28(21-31(9-2)43-27(6)29-15-11-10-12-16-29)30-22-34(37(41-7)36(40)23-30)24(3)26(5)44-38-25(4)32(19-20-42-38)33-17-13-14-18-35(33)39/h8-9,13-14,17-23,29,41,43H,2-3,5-6,10-12,15-16H2,1,4,7H3,(H,42,44)/b28-8+,31-21+. The molecule has 6 heteroatoms. The molecule has 0 aliphatic heterocycles. The molecule has 0 amide bonds. The van der Waals surface area contributed by atoms with E-state index in [1.54, 1.807) is 43.6 Å². The van der Waals surface area contributed by atoms with E-state index in [9.17, 15) is 4.39 Å². The van der Waals surface area contributed by atoms with Gasteiger partial charge in [0.2, 0.25) is 0 Å². The van der Waals surface area contributed by atoms with Crippen LogP contribution in [0.5, 0.6) is 0 Å². The van der Waals surface area contributed by atoms with Crippen molar-refractivity contribution >= 4 is 22.7 Å². The lowest BCUT2D eigenvalue weighted by Crippen LogP contribution is -2.20. The van der Waals surface area contributed by atoms with Crippen LogP contribution in [0.2, 0.25) is 0 Å². The molecule has 0 spiro atoms. The molecule has 0 radical (unpaired) electrons. The third-order valence-corrected chi connectivity index (χ3v) is 8.25. The molecule has 0 atom stereocenters. The van der Waals surface area contributed by atoms with Crippen molar-refractivity contribution in [3.05, 3.63) is 139 Å². The van der Waals surface area contributed by atoms with Crippen molar-refractivity contribution in [1.29, 1.82) is 0 Å². The van der Waals surface area contributed by atoms with Gasteiger partial charge in [-0.3, -0.25) is 0 Å². The second-order valence-corrected chi connectivity index (χ2v) is 11.1. The lowest BCUT2D eigenvalue weighted by atomic mass is 9.87. The molecule has 0 saturated heterocycles. The first-order valence-electron chi connectivity index (χ1n) is 15.0. The summed E-state index contributed by atoms with van der Waals surface area (Å²) < 4.78 is 30.1. The van der Waals surface area contributed by atoms with Crippen LogP contribution in [-0.4, -0.2) is 12.0 Å². The first-order chi connectivity index (χ1) is 21.2. The average Bonchev–Trinajstić information content (AvgIpc) is 3.03. The van der Waals surface area contributed by atoms with Crippen molar-refractivity contribution in [3.8, 4) is 11.1 Å². The van der Waals surface area contributed by atoms with E-state index in [1.807, 2.05) is 32.1 Å². The van der Waals surface area contributed by atoms with E-state index >= 15 is 4.39 Å². The van der Waals surface area contributed by atoms with Gasteiger partial charge < -0.3 is 16.0 Å². The predicted molar refractivity (Wildman–Crippen MR) is 183 cm³/mol. The summed E-state index contributed by atoms with van der Waals surface area (Å²) in [4.78, 5) is 4.46. The number of pyridine rings is 1. The molecule has 1 aromatic heterocycles. The van der Waals surface area contributed by atoms with Gasteiger partial charge in [-0.2, -0.15) is 0 Å². The normalized spacial score (nSPS) is 14.1. The first kappa shape index (κ1) is 32.2. The lowest BCUT2D eigenvalue weighted by molar-refractivity contribution is 0.393. The Morgan fingerprint density at radius 1 is 0.977 bits per heavy atom. The van der Waals surface area contributed by atoms with Crippen molar-refractivity contribution in [2.75, 3.05) is 17.7 Å². The molecule has 0 unspecified atom stereocenters. The molecule has 3 aromatic rings. The molecular formula is C38H42F2N4. The number of allylic oxidation sites excluding steroid dienone is 6. The molecule has 3 N–H and O–H groups in total. The molecular weight excluding hydrogens is 550 g/mol. The Balaban J connectivity index is 1.62. The molecule has 1 aliphatic rings. The summed E-state index contributed by atoms with van der Waals surface area (Å²) in [5.41, 5.74) is 7.00. The fourth-order valence-electron chi connectivity index (χ4n) is 5.66. The predicted octanol–water partition coefficient (Wildman–Crippen LogP) is 10.2. The molecule has 4 rings (SSSR count). The molecule has 4 nitrogen and oxygen atoms in total. The number of hydrogen-bond donors (Lipinski definition) is 3. The van der Waals surface area contributed by atoms with Gasteiger partial charge in [-0.1, -0.05) is 69.9 Å². The molecule has 0 bridgehead atoms. The van der Waals surface area contributed by atoms with Crippen molar-refractivity contribution in [1.82, 2.24) is 10.3 Å². The quantitative estimate of drug-likeness (QED) is 0.183. The van der Waals surface area contributed by atoms with Gasteiger partial charge in [-0.05, 0) is 96.9 Å². The maximum absolute atomic E-state index is 15.6. The second kappa shape index (κ2) is 14.6. The van der Waals surface area contributed by atoms with Crippen LogP contribution in [0.15, 0.2) is 110 Å². The van der Waals surface area contributed by atoms with Crippen LogP contribution in [0.1, 0.15) is 55.7 Å². The molecule has 1 heterocycles. The highest BCUT2D eigenvalue weighted by Gasteiger charge is 2.19. The molecule has 44 heavy (non-hydrogen) atoms. The monoisotopic (exact) mass is 592 g/mol. The van der Waals surface area contributed by atoms with Gasteiger partial charge >= 0.3 is 0 Å². The Morgan fingerprint density at radius 3 is 2.36 bits per heavy atom. The van der Waals surface area contributed by atoms with Gasteiger partial charge in [0, 0.05) is 41.5 Å². The molecule has 228 valence electrons. The highest BCUT2D eigenvalue weighted by molar-refractivity contribution is 5.89. The highest BCUT2D eigenvalue weighted by atomic mass is 19.1. The fraction of sp³-hybridized carbons (Fsp3) is 0.237. The third-order valence-electron chi connectivity index (χ3n) is 8.25. The van der Waals surface area contributed by atoms with Crippen LogP contribution in [0.4, 0.5) is 20.3 Å². The van der Waals surface area contributed by atoms with E-state index in [2.05, 4.69) is 47.3 Å². The Bertz CT molecular complexity index is 1640. The SMILES string of the molecule is C=C/C(=C\C(=C/C)c1cc(F)c(NC)c(C(=C)C(=C)Nc2nccc(-c3ccccc3F)c2C)c1)NC(=C)C1CCCCC1. The maximum Gasteiger partial charge on any atom is 0.147 e. The minimum absolute atomic E-state index is 0.304. The zero-order valence-electron chi connectivity index (χ0n) is 26.0. The Kier molecular flexibility index (Phi) is 10.7. The first-order valence-corrected chi connectivity index (χ1v) is 15.0. The maximum atomic E-state index is 15.6. The van der Waals surface area contributed by atoms with Gasteiger partial charge in [0.1, 0.15) is 17.5 Å². The lowest BCUT2D eigenvalue weighted by Gasteiger charge is -2.25. The number of halogens is 2. The summed E-state index contributed by atoms with van der Waals surface area (Å²) >= 11 is 0. The van der Waals surface area contributed by atoms with E-state index in [0.29, 0.717) is 50.9 Å². The number of nitrogens with one attached hydrogen (secondary N) is 3. The molecule has 1 saturated carbocycles. The fourth-order valence-corrected chi connectivity index (χ4v) is 5.66. The van der Waals surface area contributed by atoms with Gasteiger partial charge in [0.15, 0.2) is 0 Å². The number of aromatic nitrogens is 1. The number of nitrogens with zero attached hydrogens (tertiary/aromatic N) is 1. The van der Waals surface area contributed by atoms with Crippen LogP contribution in [0.25, 0.3) is 22.3 Å². The Labute approximate surface area is 260 Å². The van der Waals surface area contributed by atoms with Crippen LogP contribution >= 0.6 is 0 Å². The van der Waals surface area contributed by atoms with Crippen LogP contribution in [0, 0.1) is 24.5 Å². The van der Waals surface area contributed by atoms with E-state index in [4.69, 9.17) is 0 Å². The molecule has 2 aromatic carbocycles. The third kappa shape index (κ3) is 7.25. The summed E-state index contributed by atoms with van der Waals surface area (Å²) in [6, 6.07) is 11.8. The zero-order valence-corrected chi connectivity index (χ0v) is 26.0. The molecule has 1 aliphatic carbocycles. The van der Waals surface area contributed by atoms with Crippen molar-refractivity contribution in [2.45, 2.75) is 46.0 Å². The number of hydrogen-bond acceptors (Lipinski definition) is 4. The van der Waals surface area contributed by atoms with E-state index in [1.165, 1.54) is 31.4 Å². The van der Waals surface area contributed by atoms with Gasteiger partial charge in [-0.15, -0.1) is 0 Å². The van der Waals surface area contributed by atoms with Crippen LogP contribution in [-0.2, 0) is 0 Å². The van der Waals surface area contributed by atoms with E-state index < -0.39 is 5.82 Å². The molecule has 1 fully saturated rings. The Hall–Kier alpha value is -4.71. The summed E-state index contributed by atoms with van der Waals surface area (Å²) in [5, 5.41) is 9.65. The second-order valence-electron chi connectivity index (χ2n) is 11.1. The van der Waals surface area contributed by atoms with Crippen LogP contribution in [0.3, 0.4) is 0 Å². The summed E-state index contributed by atoms with van der Waals surface area (Å²) in [5.74, 6) is 0.213. The Morgan fingerprint density at radius 2 is 1.70 bits per heavy atom. The smallest absolute Gasteiger partial charge is 0.147 e. The van der Waals surface area contributed by atoms with Crippen molar-refractivity contribution < 1.29 is 8.78 Å². The number of rotatable bonds is 12. The largest absolute Gasteiger partial charge is 0.385 e. The minimum atomic E-state index is -0.419. The van der Waals surface area contributed by atoms with Crippen LogP contribution < -0.4 is 16.0 Å². The van der Waals surface area contributed by atoms with Crippen molar-refractivity contribution in [2.24, 2.45) is 5.92 Å². The topological polar surface area (TPSA) is 49.0 Å². The average molecular weight is 593 g/mol. The van der Waals surface area contributed by atoms with E-state index in [-0.39, 0.29) is 5.82 Å². The van der Waals surface area contributed by atoms with Crippen molar-refractivity contribution in [3.63, 3.8) is 0 Å². The zero-order chi connectivity index (χ0) is 31.8. The van der Waals surface area contributed by atoms with E-state index in [0.717, 1.165) is 35.4 Å². The summed E-state index contributed by atoms with van der Waals surface area (Å²) in [6.07, 6.45) is 13.2.